The fraction of sp³-hybridized carbons (Fsp3) is 0. The Balaban J connectivity index is 2.06. The van der Waals surface area contributed by atoms with Crippen LogP contribution in [0.25, 0.3) is 10.9 Å². The van der Waals surface area contributed by atoms with Gasteiger partial charge in [-0.15, -0.1) is 0 Å². The zero-order valence-corrected chi connectivity index (χ0v) is 11.6. The van der Waals surface area contributed by atoms with E-state index in [1.165, 1.54) is 0 Å². The van der Waals surface area contributed by atoms with E-state index in [-0.39, 0.29) is 0 Å². The first-order valence-corrected chi connectivity index (χ1v) is 6.60. The number of para-hydroxylation sites is 1. The van der Waals surface area contributed by atoms with Crippen molar-refractivity contribution >= 4 is 32.5 Å². The lowest BCUT2D eigenvalue weighted by molar-refractivity contribution is 0.484. The topological polar surface area (TPSA) is 48.1 Å². The van der Waals surface area contributed by atoms with Crippen molar-refractivity contribution in [3.05, 3.63) is 59.2 Å². The molecule has 0 amide bonds. The van der Waals surface area contributed by atoms with E-state index < -0.39 is 0 Å². The number of rotatable bonds is 2. The van der Waals surface area contributed by atoms with Crippen LogP contribution in [0, 0.1) is 0 Å². The monoisotopic (exact) mass is 314 g/mol. The SMILES string of the molecule is Nc1ccc(Oc2cccc3cccnc23)c(Br)c1. The van der Waals surface area contributed by atoms with Crippen molar-refractivity contribution in [1.29, 1.82) is 0 Å². The Hall–Kier alpha value is -2.07. The summed E-state index contributed by atoms with van der Waals surface area (Å²) in [6, 6.07) is 15.2. The van der Waals surface area contributed by atoms with Crippen LogP contribution in [-0.4, -0.2) is 4.98 Å². The van der Waals surface area contributed by atoms with Gasteiger partial charge in [0.1, 0.15) is 11.3 Å². The summed E-state index contributed by atoms with van der Waals surface area (Å²) in [6.07, 6.45) is 1.76. The smallest absolute Gasteiger partial charge is 0.153 e. The van der Waals surface area contributed by atoms with Crippen LogP contribution in [0.4, 0.5) is 5.69 Å². The molecule has 0 saturated heterocycles. The van der Waals surface area contributed by atoms with Gasteiger partial charge in [-0.25, -0.2) is 0 Å². The van der Waals surface area contributed by atoms with Crippen LogP contribution >= 0.6 is 15.9 Å². The second kappa shape index (κ2) is 4.90. The molecule has 0 atom stereocenters. The van der Waals surface area contributed by atoms with E-state index in [2.05, 4.69) is 20.9 Å². The number of aromatic nitrogens is 1. The molecule has 3 nitrogen and oxygen atoms in total. The number of nitrogens with two attached hydrogens (primary N) is 1. The van der Waals surface area contributed by atoms with Gasteiger partial charge in [-0.05, 0) is 46.3 Å². The van der Waals surface area contributed by atoms with Gasteiger partial charge in [0.25, 0.3) is 0 Å². The molecule has 0 saturated carbocycles. The summed E-state index contributed by atoms with van der Waals surface area (Å²) in [4.78, 5) is 4.36. The summed E-state index contributed by atoms with van der Waals surface area (Å²) in [5.74, 6) is 1.44. The fourth-order valence-electron chi connectivity index (χ4n) is 1.88. The van der Waals surface area contributed by atoms with E-state index >= 15 is 0 Å². The second-order valence-corrected chi connectivity index (χ2v) is 4.98. The molecular formula is C15H11BrN2O. The molecular weight excluding hydrogens is 304 g/mol. The van der Waals surface area contributed by atoms with Crippen molar-refractivity contribution in [3.8, 4) is 11.5 Å². The van der Waals surface area contributed by atoms with Gasteiger partial charge in [0.15, 0.2) is 5.75 Å². The number of nitrogen functional groups attached to an aromatic ring is 1. The Morgan fingerprint density at radius 3 is 2.68 bits per heavy atom. The van der Waals surface area contributed by atoms with Gasteiger partial charge in [-0.3, -0.25) is 4.98 Å². The van der Waals surface area contributed by atoms with Gasteiger partial charge in [-0.2, -0.15) is 0 Å². The van der Waals surface area contributed by atoms with E-state index in [0.29, 0.717) is 11.4 Å². The molecule has 2 N–H and O–H groups in total. The van der Waals surface area contributed by atoms with Crippen LogP contribution < -0.4 is 10.5 Å². The van der Waals surface area contributed by atoms with Gasteiger partial charge < -0.3 is 10.5 Å². The second-order valence-electron chi connectivity index (χ2n) is 4.12. The fourth-order valence-corrected chi connectivity index (χ4v) is 2.35. The quantitative estimate of drug-likeness (QED) is 0.714. The number of nitrogens with zero attached hydrogens (tertiary/aromatic N) is 1. The third kappa shape index (κ3) is 2.39. The molecule has 0 spiro atoms. The van der Waals surface area contributed by atoms with Gasteiger partial charge in [0.2, 0.25) is 0 Å². The van der Waals surface area contributed by atoms with E-state index in [1.54, 1.807) is 12.3 Å². The Labute approximate surface area is 119 Å². The number of hydrogen-bond donors (Lipinski definition) is 1. The first kappa shape index (κ1) is 12.0. The van der Waals surface area contributed by atoms with E-state index in [9.17, 15) is 0 Å². The number of pyridine rings is 1. The van der Waals surface area contributed by atoms with Gasteiger partial charge in [-0.1, -0.05) is 18.2 Å². The van der Waals surface area contributed by atoms with Crippen LogP contribution in [0.5, 0.6) is 11.5 Å². The van der Waals surface area contributed by atoms with Gasteiger partial charge >= 0.3 is 0 Å². The van der Waals surface area contributed by atoms with Crippen LogP contribution in [-0.2, 0) is 0 Å². The molecule has 3 rings (SSSR count). The number of hydrogen-bond acceptors (Lipinski definition) is 3. The van der Waals surface area contributed by atoms with Crippen molar-refractivity contribution in [2.75, 3.05) is 5.73 Å². The van der Waals surface area contributed by atoms with Crippen molar-refractivity contribution < 1.29 is 4.74 Å². The highest BCUT2D eigenvalue weighted by Crippen LogP contribution is 2.33. The number of benzene rings is 2. The lowest BCUT2D eigenvalue weighted by Gasteiger charge is -2.10. The van der Waals surface area contributed by atoms with Crippen LogP contribution in [0.3, 0.4) is 0 Å². The van der Waals surface area contributed by atoms with Crippen LogP contribution in [0.15, 0.2) is 59.2 Å². The third-order valence-corrected chi connectivity index (χ3v) is 3.39. The molecule has 0 fully saturated rings. The van der Waals surface area contributed by atoms with Gasteiger partial charge in [0.05, 0.1) is 4.47 Å². The highest BCUT2D eigenvalue weighted by atomic mass is 79.9. The standard InChI is InChI=1S/C15H11BrN2O/c16-12-9-11(17)6-7-13(12)19-14-5-1-3-10-4-2-8-18-15(10)14/h1-9H,17H2. The maximum Gasteiger partial charge on any atom is 0.153 e. The predicted molar refractivity (Wildman–Crippen MR) is 80.4 cm³/mol. The molecule has 1 heterocycles. The zero-order chi connectivity index (χ0) is 13.2. The van der Waals surface area contributed by atoms with E-state index in [4.69, 9.17) is 10.5 Å². The molecule has 0 aliphatic heterocycles. The van der Waals surface area contributed by atoms with Gasteiger partial charge in [0, 0.05) is 17.3 Å². The molecule has 0 bridgehead atoms. The molecule has 0 aliphatic rings. The highest BCUT2D eigenvalue weighted by molar-refractivity contribution is 9.10. The number of ether oxygens (including phenoxy) is 1. The lowest BCUT2D eigenvalue weighted by atomic mass is 10.2. The molecule has 0 radical (unpaired) electrons. The molecule has 2 aromatic carbocycles. The summed E-state index contributed by atoms with van der Waals surface area (Å²) in [5.41, 5.74) is 7.25. The molecule has 0 aliphatic carbocycles. The molecule has 4 heteroatoms. The maximum atomic E-state index is 5.91. The minimum atomic E-state index is 0.690. The summed E-state index contributed by atoms with van der Waals surface area (Å²) < 4.78 is 6.73. The molecule has 0 unspecified atom stereocenters. The Bertz CT molecular complexity index is 738. The maximum absolute atomic E-state index is 5.91. The summed E-state index contributed by atoms with van der Waals surface area (Å²) in [7, 11) is 0. The number of anilines is 1. The summed E-state index contributed by atoms with van der Waals surface area (Å²) in [5, 5.41) is 1.05. The predicted octanol–water partition coefficient (Wildman–Crippen LogP) is 4.37. The Kier molecular flexibility index (Phi) is 3.09. The first-order valence-electron chi connectivity index (χ1n) is 5.81. The average Bonchev–Trinajstić information content (AvgIpc) is 2.42. The Morgan fingerprint density at radius 1 is 1.00 bits per heavy atom. The largest absolute Gasteiger partial charge is 0.454 e. The van der Waals surface area contributed by atoms with E-state index in [1.807, 2.05) is 42.5 Å². The minimum Gasteiger partial charge on any atom is -0.454 e. The average molecular weight is 315 g/mol. The zero-order valence-electron chi connectivity index (χ0n) is 10.0. The van der Waals surface area contributed by atoms with Crippen molar-refractivity contribution in [3.63, 3.8) is 0 Å². The molecule has 19 heavy (non-hydrogen) atoms. The highest BCUT2D eigenvalue weighted by Gasteiger charge is 2.07. The summed E-state index contributed by atoms with van der Waals surface area (Å²) in [6.45, 7) is 0. The normalized spacial score (nSPS) is 10.6. The molecule has 1 aromatic heterocycles. The number of halogens is 1. The first-order chi connectivity index (χ1) is 9.24. The van der Waals surface area contributed by atoms with E-state index in [0.717, 1.165) is 21.1 Å². The van der Waals surface area contributed by atoms with Crippen molar-refractivity contribution in [2.45, 2.75) is 0 Å². The molecule has 94 valence electrons. The van der Waals surface area contributed by atoms with Crippen molar-refractivity contribution in [2.24, 2.45) is 0 Å². The molecule has 3 aromatic rings. The lowest BCUT2D eigenvalue weighted by Crippen LogP contribution is -1.90. The summed E-state index contributed by atoms with van der Waals surface area (Å²) >= 11 is 3.44. The van der Waals surface area contributed by atoms with Crippen molar-refractivity contribution in [1.82, 2.24) is 4.98 Å². The third-order valence-electron chi connectivity index (χ3n) is 2.77. The van der Waals surface area contributed by atoms with Crippen LogP contribution in [0.1, 0.15) is 0 Å². The van der Waals surface area contributed by atoms with Crippen LogP contribution in [0.2, 0.25) is 0 Å². The number of fused-ring (bicyclic) bond motifs is 1. The minimum absolute atomic E-state index is 0.690. The Morgan fingerprint density at radius 2 is 1.84 bits per heavy atom.